The van der Waals surface area contributed by atoms with Crippen molar-refractivity contribution >= 4 is 29.3 Å². The number of carbonyl (C=O) groups excluding carboxylic acids is 2. The van der Waals surface area contributed by atoms with Crippen molar-refractivity contribution in [2.75, 3.05) is 31.2 Å². The van der Waals surface area contributed by atoms with Crippen molar-refractivity contribution in [1.82, 2.24) is 5.32 Å². The van der Waals surface area contributed by atoms with Gasteiger partial charge in [-0.2, -0.15) is 0 Å². The number of benzene rings is 1. The van der Waals surface area contributed by atoms with Crippen LogP contribution in [0.5, 0.6) is 0 Å². The minimum atomic E-state index is -0.493. The van der Waals surface area contributed by atoms with Gasteiger partial charge in [-0.05, 0) is 25.1 Å². The zero-order valence-corrected chi connectivity index (χ0v) is 12.4. The summed E-state index contributed by atoms with van der Waals surface area (Å²) >= 11 is 5.94. The molecular weight excluding hydrogens is 296 g/mol. The van der Waals surface area contributed by atoms with Gasteiger partial charge < -0.3 is 19.7 Å². The molecule has 1 unspecified atom stereocenters. The lowest BCUT2D eigenvalue weighted by atomic mass is 10.2. The second kappa shape index (κ2) is 7.28. The lowest BCUT2D eigenvalue weighted by Crippen LogP contribution is -2.50. The van der Waals surface area contributed by atoms with Crippen LogP contribution in [0.4, 0.5) is 10.5 Å². The molecule has 2 rings (SSSR count). The zero-order chi connectivity index (χ0) is 15.2. The number of carbonyl (C=O) groups is 2. The number of amides is 2. The Morgan fingerprint density at radius 2 is 2.38 bits per heavy atom. The summed E-state index contributed by atoms with van der Waals surface area (Å²) < 4.78 is 10.2. The van der Waals surface area contributed by atoms with Crippen molar-refractivity contribution in [3.05, 3.63) is 29.3 Å². The third kappa shape index (κ3) is 4.34. The van der Waals surface area contributed by atoms with E-state index < -0.39 is 6.09 Å². The van der Waals surface area contributed by atoms with Gasteiger partial charge in [0.05, 0.1) is 19.3 Å². The largest absolute Gasteiger partial charge is 0.450 e. The van der Waals surface area contributed by atoms with E-state index in [0.717, 1.165) is 5.69 Å². The summed E-state index contributed by atoms with van der Waals surface area (Å²) in [6, 6.07) is 7.06. The SMILES string of the molecule is CCOC(=O)NCC1CN(c2cccc(Cl)c2)C(=O)CO1. The van der Waals surface area contributed by atoms with Gasteiger partial charge in [0.25, 0.3) is 5.91 Å². The lowest BCUT2D eigenvalue weighted by Gasteiger charge is -2.32. The highest BCUT2D eigenvalue weighted by Gasteiger charge is 2.27. The molecular formula is C14H17ClN2O4. The predicted octanol–water partition coefficient (Wildman–Crippen LogP) is 1.82. The number of rotatable bonds is 4. The van der Waals surface area contributed by atoms with Gasteiger partial charge in [0.15, 0.2) is 0 Å². The molecule has 0 spiro atoms. The molecule has 114 valence electrons. The maximum atomic E-state index is 11.9. The van der Waals surface area contributed by atoms with Crippen molar-refractivity contribution in [1.29, 1.82) is 0 Å². The van der Waals surface area contributed by atoms with Crippen LogP contribution in [0.15, 0.2) is 24.3 Å². The van der Waals surface area contributed by atoms with Crippen LogP contribution < -0.4 is 10.2 Å². The van der Waals surface area contributed by atoms with E-state index in [1.54, 1.807) is 30.0 Å². The van der Waals surface area contributed by atoms with Crippen molar-refractivity contribution in [3.8, 4) is 0 Å². The second-order valence-corrected chi connectivity index (χ2v) is 4.96. The zero-order valence-electron chi connectivity index (χ0n) is 11.7. The van der Waals surface area contributed by atoms with E-state index in [4.69, 9.17) is 21.1 Å². The summed E-state index contributed by atoms with van der Waals surface area (Å²) in [6.07, 6.45) is -0.779. The van der Waals surface area contributed by atoms with Gasteiger partial charge in [0.2, 0.25) is 0 Å². The number of hydrogen-bond donors (Lipinski definition) is 1. The van der Waals surface area contributed by atoms with Crippen molar-refractivity contribution < 1.29 is 19.1 Å². The molecule has 1 aromatic rings. The van der Waals surface area contributed by atoms with Gasteiger partial charge >= 0.3 is 6.09 Å². The lowest BCUT2D eigenvalue weighted by molar-refractivity contribution is -0.129. The van der Waals surface area contributed by atoms with Crippen LogP contribution in [0, 0.1) is 0 Å². The van der Waals surface area contributed by atoms with Crippen LogP contribution in [-0.4, -0.2) is 44.4 Å². The summed E-state index contributed by atoms with van der Waals surface area (Å²) in [5.41, 5.74) is 0.719. The van der Waals surface area contributed by atoms with Crippen molar-refractivity contribution in [3.63, 3.8) is 0 Å². The second-order valence-electron chi connectivity index (χ2n) is 4.52. The molecule has 7 heteroatoms. The van der Waals surface area contributed by atoms with Gasteiger partial charge in [-0.15, -0.1) is 0 Å². The standard InChI is InChI=1S/C14H17ClN2O4/c1-2-20-14(19)16-7-12-8-17(13(18)9-21-12)11-5-3-4-10(15)6-11/h3-6,12H,2,7-9H2,1H3,(H,16,19). The average Bonchev–Trinajstić information content (AvgIpc) is 2.46. The molecule has 1 saturated heterocycles. The van der Waals surface area contributed by atoms with Gasteiger partial charge in [-0.3, -0.25) is 4.79 Å². The van der Waals surface area contributed by atoms with Crippen molar-refractivity contribution in [2.24, 2.45) is 0 Å². The Kier molecular flexibility index (Phi) is 5.41. The molecule has 1 aromatic carbocycles. The summed E-state index contributed by atoms with van der Waals surface area (Å²) in [6.45, 7) is 2.65. The Bertz CT molecular complexity index is 523. The first kappa shape index (κ1) is 15.6. The molecule has 1 fully saturated rings. The average molecular weight is 313 g/mol. The minimum absolute atomic E-state index is 0.0261. The number of nitrogens with one attached hydrogen (secondary N) is 1. The third-order valence-corrected chi connectivity index (χ3v) is 3.23. The van der Waals surface area contributed by atoms with Gasteiger partial charge in [0.1, 0.15) is 6.61 Å². The first-order valence-corrected chi connectivity index (χ1v) is 7.06. The quantitative estimate of drug-likeness (QED) is 0.921. The number of alkyl carbamates (subject to hydrolysis) is 1. The Morgan fingerprint density at radius 3 is 3.10 bits per heavy atom. The summed E-state index contributed by atoms with van der Waals surface area (Å²) in [7, 11) is 0. The monoisotopic (exact) mass is 312 g/mol. The molecule has 1 N–H and O–H groups in total. The number of ether oxygens (including phenoxy) is 2. The van der Waals surface area contributed by atoms with Gasteiger partial charge in [0, 0.05) is 17.3 Å². The molecule has 6 nitrogen and oxygen atoms in total. The molecule has 21 heavy (non-hydrogen) atoms. The van der Waals surface area contributed by atoms with E-state index >= 15 is 0 Å². The summed E-state index contributed by atoms with van der Waals surface area (Å²) in [4.78, 5) is 24.8. The normalized spacial score (nSPS) is 18.5. The molecule has 1 aliphatic heterocycles. The molecule has 1 aliphatic rings. The third-order valence-electron chi connectivity index (χ3n) is 3.00. The van der Waals surface area contributed by atoms with Crippen molar-refractivity contribution in [2.45, 2.75) is 13.0 Å². The Labute approximate surface area is 128 Å². The van der Waals surface area contributed by atoms with E-state index in [9.17, 15) is 9.59 Å². The molecule has 1 heterocycles. The maximum absolute atomic E-state index is 11.9. The highest BCUT2D eigenvalue weighted by atomic mass is 35.5. The van der Waals surface area contributed by atoms with Crippen LogP contribution >= 0.6 is 11.6 Å². The molecule has 0 bridgehead atoms. The number of hydrogen-bond acceptors (Lipinski definition) is 4. The topological polar surface area (TPSA) is 67.9 Å². The van der Waals surface area contributed by atoms with Crippen LogP contribution in [0.1, 0.15) is 6.92 Å². The molecule has 2 amide bonds. The highest BCUT2D eigenvalue weighted by Crippen LogP contribution is 2.22. The van der Waals surface area contributed by atoms with Crippen LogP contribution in [0.3, 0.4) is 0 Å². The first-order valence-electron chi connectivity index (χ1n) is 6.68. The Balaban J connectivity index is 1.96. The first-order chi connectivity index (χ1) is 10.1. The fourth-order valence-corrected chi connectivity index (χ4v) is 2.21. The van der Waals surface area contributed by atoms with E-state index in [0.29, 0.717) is 18.2 Å². The Morgan fingerprint density at radius 1 is 1.57 bits per heavy atom. The number of anilines is 1. The Hall–Kier alpha value is -1.79. The van der Waals surface area contributed by atoms with Crippen LogP contribution in [0.2, 0.25) is 5.02 Å². The number of nitrogens with zero attached hydrogens (tertiary/aromatic N) is 1. The molecule has 0 saturated carbocycles. The summed E-state index contributed by atoms with van der Waals surface area (Å²) in [5, 5.41) is 3.16. The van der Waals surface area contributed by atoms with E-state index in [-0.39, 0.29) is 25.2 Å². The molecule has 0 radical (unpaired) electrons. The smallest absolute Gasteiger partial charge is 0.407 e. The van der Waals surface area contributed by atoms with Gasteiger partial charge in [-0.1, -0.05) is 17.7 Å². The van der Waals surface area contributed by atoms with Crippen LogP contribution in [0.25, 0.3) is 0 Å². The van der Waals surface area contributed by atoms with Crippen LogP contribution in [-0.2, 0) is 14.3 Å². The fraction of sp³-hybridized carbons (Fsp3) is 0.429. The van der Waals surface area contributed by atoms with E-state index in [2.05, 4.69) is 5.32 Å². The predicted molar refractivity (Wildman–Crippen MR) is 78.6 cm³/mol. The number of halogens is 1. The molecule has 0 aromatic heterocycles. The maximum Gasteiger partial charge on any atom is 0.407 e. The molecule has 1 atom stereocenters. The fourth-order valence-electron chi connectivity index (χ4n) is 2.02. The minimum Gasteiger partial charge on any atom is -0.450 e. The van der Waals surface area contributed by atoms with E-state index in [1.807, 2.05) is 6.07 Å². The molecule has 0 aliphatic carbocycles. The highest BCUT2D eigenvalue weighted by molar-refractivity contribution is 6.30. The van der Waals surface area contributed by atoms with E-state index in [1.165, 1.54) is 0 Å². The number of morpholine rings is 1. The van der Waals surface area contributed by atoms with Gasteiger partial charge in [-0.25, -0.2) is 4.79 Å². The summed E-state index contributed by atoms with van der Waals surface area (Å²) in [5.74, 6) is -0.135.